The van der Waals surface area contributed by atoms with Gasteiger partial charge < -0.3 is 0 Å². The number of hydrogen-bond acceptors (Lipinski definition) is 0. The average molecular weight is 317 g/mol. The minimum absolute atomic E-state index is 0.664. The molecular formula is C23H40. The molecule has 1 rings (SSSR count). The third-order valence-corrected chi connectivity index (χ3v) is 5.48. The van der Waals surface area contributed by atoms with Crippen LogP contribution in [-0.2, 0) is 0 Å². The van der Waals surface area contributed by atoms with Crippen molar-refractivity contribution in [3.05, 3.63) is 46.6 Å². The van der Waals surface area contributed by atoms with Crippen molar-refractivity contribution in [1.82, 2.24) is 0 Å². The molecule has 23 heavy (non-hydrogen) atoms. The second kappa shape index (κ2) is 10.7. The molecule has 1 aliphatic rings. The highest BCUT2D eigenvalue weighted by Gasteiger charge is 2.24. The van der Waals surface area contributed by atoms with Crippen molar-refractivity contribution in [3.8, 4) is 0 Å². The van der Waals surface area contributed by atoms with Crippen molar-refractivity contribution < 1.29 is 0 Å². The van der Waals surface area contributed by atoms with E-state index in [4.69, 9.17) is 0 Å². The maximum absolute atomic E-state index is 4.21. The van der Waals surface area contributed by atoms with Gasteiger partial charge in [0.1, 0.15) is 0 Å². The second-order valence-corrected chi connectivity index (χ2v) is 6.97. The summed E-state index contributed by atoms with van der Waals surface area (Å²) in [5.74, 6) is 1.48. The Morgan fingerprint density at radius 2 is 1.57 bits per heavy atom. The van der Waals surface area contributed by atoms with Gasteiger partial charge in [-0.25, -0.2) is 0 Å². The molecule has 1 unspecified atom stereocenters. The van der Waals surface area contributed by atoms with Gasteiger partial charge in [0, 0.05) is 0 Å². The van der Waals surface area contributed by atoms with E-state index in [1.807, 2.05) is 13.8 Å². The summed E-state index contributed by atoms with van der Waals surface area (Å²) in [6.45, 7) is 26.0. The van der Waals surface area contributed by atoms with Crippen molar-refractivity contribution in [2.24, 2.45) is 11.8 Å². The van der Waals surface area contributed by atoms with Crippen molar-refractivity contribution in [2.45, 2.75) is 87.5 Å². The Bertz CT molecular complexity index is 460. The molecule has 1 fully saturated rings. The van der Waals surface area contributed by atoms with Gasteiger partial charge in [-0.3, -0.25) is 0 Å². The molecule has 0 heteroatoms. The quantitative estimate of drug-likeness (QED) is 0.355. The zero-order valence-corrected chi connectivity index (χ0v) is 17.1. The van der Waals surface area contributed by atoms with Crippen LogP contribution in [0.15, 0.2) is 46.6 Å². The lowest BCUT2D eigenvalue weighted by Gasteiger charge is -2.31. The molecule has 1 saturated carbocycles. The molecule has 132 valence electrons. The zero-order chi connectivity index (χ0) is 18.2. The van der Waals surface area contributed by atoms with Crippen molar-refractivity contribution in [3.63, 3.8) is 0 Å². The van der Waals surface area contributed by atoms with Gasteiger partial charge in [-0.1, -0.05) is 63.1 Å². The molecule has 1 aliphatic carbocycles. The van der Waals surface area contributed by atoms with Crippen LogP contribution in [0.4, 0.5) is 0 Å². The molecule has 0 radical (unpaired) electrons. The maximum atomic E-state index is 4.21. The zero-order valence-electron chi connectivity index (χ0n) is 17.1. The highest BCUT2D eigenvalue weighted by atomic mass is 14.3. The van der Waals surface area contributed by atoms with Crippen molar-refractivity contribution >= 4 is 0 Å². The first-order valence-corrected chi connectivity index (χ1v) is 9.49. The van der Waals surface area contributed by atoms with Crippen LogP contribution in [-0.4, -0.2) is 0 Å². The van der Waals surface area contributed by atoms with Crippen LogP contribution >= 0.6 is 0 Å². The molecule has 0 spiro atoms. The van der Waals surface area contributed by atoms with Crippen LogP contribution in [0.3, 0.4) is 0 Å². The molecule has 0 aromatic heterocycles. The summed E-state index contributed by atoms with van der Waals surface area (Å²) >= 11 is 0. The Kier molecular flexibility index (Phi) is 10.2. The number of rotatable bonds is 5. The molecule has 0 amide bonds. The largest absolute Gasteiger partial charge is 0.0999 e. The predicted molar refractivity (Wildman–Crippen MR) is 108 cm³/mol. The van der Waals surface area contributed by atoms with Crippen LogP contribution in [0.5, 0.6) is 0 Å². The normalized spacial score (nSPS) is 19.2. The maximum Gasteiger partial charge on any atom is -0.0200 e. The van der Waals surface area contributed by atoms with Gasteiger partial charge in [-0.2, -0.15) is 0 Å². The molecule has 0 aromatic carbocycles. The van der Waals surface area contributed by atoms with Gasteiger partial charge in [0.05, 0.1) is 0 Å². The summed E-state index contributed by atoms with van der Waals surface area (Å²) in [5, 5.41) is 0. The Morgan fingerprint density at radius 3 is 1.96 bits per heavy atom. The summed E-state index contributed by atoms with van der Waals surface area (Å²) in [6, 6.07) is 0. The fourth-order valence-corrected chi connectivity index (χ4v) is 3.62. The summed E-state index contributed by atoms with van der Waals surface area (Å²) in [7, 11) is 0. The first-order valence-electron chi connectivity index (χ1n) is 9.49. The third-order valence-electron chi connectivity index (χ3n) is 5.48. The lowest BCUT2D eigenvalue weighted by Crippen LogP contribution is -2.18. The molecule has 0 N–H and O–H groups in total. The molecule has 1 atom stereocenters. The van der Waals surface area contributed by atoms with Gasteiger partial charge in [0.15, 0.2) is 0 Å². The van der Waals surface area contributed by atoms with E-state index in [1.54, 1.807) is 5.57 Å². The first-order chi connectivity index (χ1) is 10.8. The SMILES string of the molecule is C=C1CCC(C(C)/C(C)=C(C)/C(C(=C)C)=C(\C)CC)CC1.CC. The molecule has 0 bridgehead atoms. The van der Waals surface area contributed by atoms with Crippen LogP contribution in [0.1, 0.15) is 87.5 Å². The highest BCUT2D eigenvalue weighted by Crippen LogP contribution is 2.38. The van der Waals surface area contributed by atoms with Crippen molar-refractivity contribution in [1.29, 1.82) is 0 Å². The van der Waals surface area contributed by atoms with E-state index in [1.165, 1.54) is 53.5 Å². The standard InChI is InChI=1S/C21H34.C2H6/c1-9-16(5)21(14(2)3)19(8)17(6)18(7)20-12-10-15(4)11-13-20;1-2/h18,20H,2,4,9-13H2,1,3,5-8H3;1-2H3/b19-17+,21-16+;. The lowest BCUT2D eigenvalue weighted by molar-refractivity contribution is 0.324. The fourth-order valence-electron chi connectivity index (χ4n) is 3.62. The van der Waals surface area contributed by atoms with Crippen molar-refractivity contribution in [2.75, 3.05) is 0 Å². The summed E-state index contributed by atoms with van der Waals surface area (Å²) in [6.07, 6.45) is 6.16. The van der Waals surface area contributed by atoms with Gasteiger partial charge in [0.25, 0.3) is 0 Å². The Labute approximate surface area is 146 Å². The Hall–Kier alpha value is -1.04. The monoisotopic (exact) mass is 316 g/mol. The van der Waals surface area contributed by atoms with Gasteiger partial charge in [-0.05, 0) is 82.8 Å². The van der Waals surface area contributed by atoms with E-state index in [2.05, 4.69) is 54.7 Å². The van der Waals surface area contributed by atoms with E-state index in [-0.39, 0.29) is 0 Å². The topological polar surface area (TPSA) is 0 Å². The molecule has 0 heterocycles. The first kappa shape index (κ1) is 22.0. The Morgan fingerprint density at radius 1 is 1.09 bits per heavy atom. The van der Waals surface area contributed by atoms with Crippen LogP contribution in [0, 0.1) is 11.8 Å². The lowest BCUT2D eigenvalue weighted by atomic mass is 9.75. The van der Waals surface area contributed by atoms with Gasteiger partial charge >= 0.3 is 0 Å². The van der Waals surface area contributed by atoms with E-state index >= 15 is 0 Å². The van der Waals surface area contributed by atoms with E-state index in [0.717, 1.165) is 12.3 Å². The molecule has 0 nitrogen and oxygen atoms in total. The number of hydrogen-bond donors (Lipinski definition) is 0. The third kappa shape index (κ3) is 6.16. The minimum atomic E-state index is 0.664. The van der Waals surface area contributed by atoms with E-state index < -0.39 is 0 Å². The minimum Gasteiger partial charge on any atom is -0.0999 e. The molecule has 0 saturated heterocycles. The summed E-state index contributed by atoms with van der Waals surface area (Å²) < 4.78 is 0. The van der Waals surface area contributed by atoms with Crippen LogP contribution in [0.25, 0.3) is 0 Å². The van der Waals surface area contributed by atoms with Gasteiger partial charge in [0.2, 0.25) is 0 Å². The average Bonchev–Trinajstić information content (AvgIpc) is 2.55. The summed E-state index contributed by atoms with van der Waals surface area (Å²) in [5.41, 5.74) is 8.53. The van der Waals surface area contributed by atoms with Crippen LogP contribution in [0.2, 0.25) is 0 Å². The second-order valence-electron chi connectivity index (χ2n) is 6.97. The Balaban J connectivity index is 0.00000232. The predicted octanol–water partition coefficient (Wildman–Crippen LogP) is 8.03. The molecular weight excluding hydrogens is 276 g/mol. The van der Waals surface area contributed by atoms with Crippen LogP contribution < -0.4 is 0 Å². The van der Waals surface area contributed by atoms with E-state index in [9.17, 15) is 0 Å². The smallest absolute Gasteiger partial charge is 0.0200 e. The number of allylic oxidation sites excluding steroid dienone is 6. The van der Waals surface area contributed by atoms with Gasteiger partial charge in [-0.15, -0.1) is 0 Å². The fraction of sp³-hybridized carbons (Fsp3) is 0.652. The molecule has 0 aromatic rings. The highest BCUT2D eigenvalue weighted by molar-refractivity contribution is 5.48. The van der Waals surface area contributed by atoms with E-state index in [0.29, 0.717) is 5.92 Å². The molecule has 0 aliphatic heterocycles. The summed E-state index contributed by atoms with van der Waals surface area (Å²) in [4.78, 5) is 0.